The lowest BCUT2D eigenvalue weighted by Crippen LogP contribution is -1.96. The van der Waals surface area contributed by atoms with Crippen LogP contribution in [-0.2, 0) is 11.3 Å². The molecule has 2 nitrogen and oxygen atoms in total. The molecule has 0 aromatic heterocycles. The van der Waals surface area contributed by atoms with E-state index >= 15 is 0 Å². The third kappa shape index (κ3) is 3.69. The van der Waals surface area contributed by atoms with Gasteiger partial charge in [0, 0.05) is 6.61 Å². The topological polar surface area (TPSA) is 33.0 Å². The van der Waals surface area contributed by atoms with Gasteiger partial charge in [0.05, 0.1) is 12.2 Å². The molecule has 0 unspecified atom stereocenters. The molecule has 0 aliphatic carbocycles. The largest absolute Gasteiger partial charge is 0.377 e. The number of rotatable bonds is 5. The first-order valence-electron chi connectivity index (χ1n) is 5.04. The van der Waals surface area contributed by atoms with Crippen LogP contribution in [0.15, 0.2) is 18.2 Å². The van der Waals surface area contributed by atoms with Crippen molar-refractivity contribution in [2.45, 2.75) is 26.4 Å². The minimum atomic E-state index is -0.477. The lowest BCUT2D eigenvalue weighted by Gasteiger charge is -2.04. The van der Waals surface area contributed by atoms with Gasteiger partial charge < -0.3 is 4.74 Å². The summed E-state index contributed by atoms with van der Waals surface area (Å²) < 4.78 is 18.3. The normalized spacial score (nSPS) is 9.93. The summed E-state index contributed by atoms with van der Waals surface area (Å²) in [7, 11) is 0. The fourth-order valence-electron chi connectivity index (χ4n) is 1.18. The lowest BCUT2D eigenvalue weighted by molar-refractivity contribution is 0.118. The van der Waals surface area contributed by atoms with Gasteiger partial charge in [0.25, 0.3) is 0 Å². The molecule has 0 aliphatic heterocycles. The van der Waals surface area contributed by atoms with Crippen LogP contribution < -0.4 is 0 Å². The van der Waals surface area contributed by atoms with Gasteiger partial charge in [0.15, 0.2) is 0 Å². The van der Waals surface area contributed by atoms with E-state index in [1.165, 1.54) is 12.1 Å². The van der Waals surface area contributed by atoms with Crippen LogP contribution in [0.25, 0.3) is 0 Å². The Balaban J connectivity index is 2.52. The van der Waals surface area contributed by atoms with Gasteiger partial charge in [0.1, 0.15) is 11.9 Å². The van der Waals surface area contributed by atoms with Crippen molar-refractivity contribution in [2.24, 2.45) is 0 Å². The van der Waals surface area contributed by atoms with Gasteiger partial charge in [-0.1, -0.05) is 19.4 Å². The van der Waals surface area contributed by atoms with Crippen LogP contribution in [0.3, 0.4) is 0 Å². The van der Waals surface area contributed by atoms with E-state index in [1.54, 1.807) is 12.1 Å². The van der Waals surface area contributed by atoms with E-state index < -0.39 is 5.82 Å². The summed E-state index contributed by atoms with van der Waals surface area (Å²) in [6, 6.07) is 6.28. The number of hydrogen-bond donors (Lipinski definition) is 0. The van der Waals surface area contributed by atoms with Crippen molar-refractivity contribution >= 4 is 0 Å². The zero-order chi connectivity index (χ0) is 11.1. The lowest BCUT2D eigenvalue weighted by atomic mass is 10.1. The molecule has 0 bridgehead atoms. The van der Waals surface area contributed by atoms with Gasteiger partial charge >= 0.3 is 0 Å². The summed E-state index contributed by atoms with van der Waals surface area (Å²) >= 11 is 0. The van der Waals surface area contributed by atoms with Crippen molar-refractivity contribution in [2.75, 3.05) is 6.61 Å². The second-order valence-electron chi connectivity index (χ2n) is 3.33. The van der Waals surface area contributed by atoms with Crippen LogP contribution in [0.4, 0.5) is 4.39 Å². The molecule has 3 heteroatoms. The highest BCUT2D eigenvalue weighted by molar-refractivity contribution is 5.34. The Bertz CT molecular complexity index is 357. The number of nitrogens with zero attached hydrogens (tertiary/aromatic N) is 1. The predicted molar refractivity (Wildman–Crippen MR) is 55.7 cm³/mol. The molecule has 0 saturated carbocycles. The SMILES string of the molecule is CCCCOCc1ccc(F)c(C#N)c1. The van der Waals surface area contributed by atoms with E-state index in [1.807, 2.05) is 0 Å². The summed E-state index contributed by atoms with van der Waals surface area (Å²) in [6.45, 7) is 3.24. The summed E-state index contributed by atoms with van der Waals surface area (Å²) in [5.74, 6) is -0.477. The Morgan fingerprint density at radius 1 is 1.47 bits per heavy atom. The molecular formula is C12H14FNO. The number of halogens is 1. The molecule has 15 heavy (non-hydrogen) atoms. The maximum absolute atomic E-state index is 12.9. The zero-order valence-electron chi connectivity index (χ0n) is 8.79. The van der Waals surface area contributed by atoms with E-state index in [-0.39, 0.29) is 5.56 Å². The molecule has 0 amide bonds. The Kier molecular flexibility index (Phi) is 4.79. The Labute approximate surface area is 89.3 Å². The first kappa shape index (κ1) is 11.7. The second-order valence-corrected chi connectivity index (χ2v) is 3.33. The van der Waals surface area contributed by atoms with Crippen LogP contribution in [0.1, 0.15) is 30.9 Å². The quantitative estimate of drug-likeness (QED) is 0.695. The van der Waals surface area contributed by atoms with Gasteiger partial charge in [-0.25, -0.2) is 4.39 Å². The summed E-state index contributed by atoms with van der Waals surface area (Å²) in [4.78, 5) is 0. The number of ether oxygens (including phenoxy) is 1. The summed E-state index contributed by atoms with van der Waals surface area (Å²) in [5, 5.41) is 8.62. The highest BCUT2D eigenvalue weighted by Gasteiger charge is 2.02. The Hall–Kier alpha value is -1.40. The molecule has 0 atom stereocenters. The number of unbranched alkanes of at least 4 members (excludes halogenated alkanes) is 1. The fourth-order valence-corrected chi connectivity index (χ4v) is 1.18. The van der Waals surface area contributed by atoms with Crippen LogP contribution in [0.5, 0.6) is 0 Å². The minimum absolute atomic E-state index is 0.0755. The molecule has 0 radical (unpaired) electrons. The smallest absolute Gasteiger partial charge is 0.140 e. The Morgan fingerprint density at radius 3 is 2.93 bits per heavy atom. The average molecular weight is 207 g/mol. The highest BCUT2D eigenvalue weighted by atomic mass is 19.1. The maximum Gasteiger partial charge on any atom is 0.140 e. The summed E-state index contributed by atoms with van der Waals surface area (Å²) in [6.07, 6.45) is 2.11. The predicted octanol–water partition coefficient (Wildman–Crippen LogP) is 3.01. The number of benzene rings is 1. The van der Waals surface area contributed by atoms with Crippen molar-refractivity contribution in [1.29, 1.82) is 5.26 Å². The van der Waals surface area contributed by atoms with Crippen molar-refractivity contribution in [3.63, 3.8) is 0 Å². The number of hydrogen-bond acceptors (Lipinski definition) is 2. The minimum Gasteiger partial charge on any atom is -0.377 e. The standard InChI is InChI=1S/C12H14FNO/c1-2-3-6-15-9-10-4-5-12(13)11(7-10)8-14/h4-5,7H,2-3,6,9H2,1H3. The highest BCUT2D eigenvalue weighted by Crippen LogP contribution is 2.10. The third-order valence-electron chi connectivity index (χ3n) is 2.06. The summed E-state index contributed by atoms with van der Waals surface area (Å²) in [5.41, 5.74) is 0.913. The van der Waals surface area contributed by atoms with E-state index in [0.29, 0.717) is 13.2 Å². The van der Waals surface area contributed by atoms with E-state index in [4.69, 9.17) is 10.00 Å². The molecule has 0 heterocycles. The van der Waals surface area contributed by atoms with Crippen LogP contribution in [0, 0.1) is 17.1 Å². The van der Waals surface area contributed by atoms with E-state index in [0.717, 1.165) is 18.4 Å². The monoisotopic (exact) mass is 207 g/mol. The van der Waals surface area contributed by atoms with Gasteiger partial charge in [-0.2, -0.15) is 5.26 Å². The van der Waals surface area contributed by atoms with E-state index in [9.17, 15) is 4.39 Å². The van der Waals surface area contributed by atoms with Crippen LogP contribution in [0.2, 0.25) is 0 Å². The maximum atomic E-state index is 12.9. The first-order valence-corrected chi connectivity index (χ1v) is 5.04. The van der Waals surface area contributed by atoms with Crippen molar-refractivity contribution < 1.29 is 9.13 Å². The molecule has 0 aliphatic rings. The van der Waals surface area contributed by atoms with E-state index in [2.05, 4.69) is 6.92 Å². The van der Waals surface area contributed by atoms with Crippen molar-refractivity contribution in [3.05, 3.63) is 35.1 Å². The molecule has 0 N–H and O–H groups in total. The van der Waals surface area contributed by atoms with Crippen molar-refractivity contribution in [3.8, 4) is 6.07 Å². The van der Waals surface area contributed by atoms with Crippen LogP contribution >= 0.6 is 0 Å². The average Bonchev–Trinajstić information content (AvgIpc) is 2.26. The molecule has 0 spiro atoms. The molecule has 1 rings (SSSR count). The molecule has 0 saturated heterocycles. The first-order chi connectivity index (χ1) is 7.27. The molecule has 1 aromatic rings. The third-order valence-corrected chi connectivity index (χ3v) is 2.06. The number of nitriles is 1. The van der Waals surface area contributed by atoms with Crippen LogP contribution in [-0.4, -0.2) is 6.61 Å². The molecular weight excluding hydrogens is 193 g/mol. The van der Waals surface area contributed by atoms with Gasteiger partial charge in [-0.15, -0.1) is 0 Å². The van der Waals surface area contributed by atoms with Crippen molar-refractivity contribution in [1.82, 2.24) is 0 Å². The molecule has 80 valence electrons. The van der Waals surface area contributed by atoms with Gasteiger partial charge in [-0.05, 0) is 24.1 Å². The molecule has 0 fully saturated rings. The zero-order valence-corrected chi connectivity index (χ0v) is 8.79. The molecule has 1 aromatic carbocycles. The Morgan fingerprint density at radius 2 is 2.27 bits per heavy atom. The second kappa shape index (κ2) is 6.15. The van der Waals surface area contributed by atoms with Gasteiger partial charge in [0.2, 0.25) is 0 Å². The van der Waals surface area contributed by atoms with Gasteiger partial charge in [-0.3, -0.25) is 0 Å². The fraction of sp³-hybridized carbons (Fsp3) is 0.417.